The molecule has 0 aliphatic carbocycles. The fourth-order valence-electron chi connectivity index (χ4n) is 4.77. The molecule has 6 heteroatoms. The Hall–Kier alpha value is -3.25. The molecule has 0 bridgehead atoms. The monoisotopic (exact) mass is 443 g/mol. The van der Waals surface area contributed by atoms with E-state index in [1.807, 2.05) is 52.3 Å². The summed E-state index contributed by atoms with van der Waals surface area (Å²) in [6.45, 7) is 5.81. The second-order valence-corrected chi connectivity index (χ2v) is 8.94. The second kappa shape index (κ2) is 9.32. The van der Waals surface area contributed by atoms with E-state index in [2.05, 4.69) is 19.1 Å². The summed E-state index contributed by atoms with van der Waals surface area (Å²) < 4.78 is 5.37. The van der Waals surface area contributed by atoms with Gasteiger partial charge in [0.1, 0.15) is 0 Å². The number of ether oxygens (including phenoxy) is 1. The number of hydrogen-bond acceptors (Lipinski definition) is 4. The van der Waals surface area contributed by atoms with Crippen LogP contribution in [-0.2, 0) is 9.53 Å². The van der Waals surface area contributed by atoms with Crippen LogP contribution in [0.1, 0.15) is 28.8 Å². The van der Waals surface area contributed by atoms with Crippen molar-refractivity contribution in [2.75, 3.05) is 39.4 Å². The maximum Gasteiger partial charge on any atom is 0.254 e. The van der Waals surface area contributed by atoms with Crippen LogP contribution in [0, 0.1) is 12.8 Å². The Morgan fingerprint density at radius 1 is 0.909 bits per heavy atom. The van der Waals surface area contributed by atoms with Crippen LogP contribution in [0.5, 0.6) is 0 Å². The number of pyridine rings is 1. The Morgan fingerprint density at radius 3 is 2.33 bits per heavy atom. The quantitative estimate of drug-likeness (QED) is 0.616. The number of rotatable bonds is 3. The summed E-state index contributed by atoms with van der Waals surface area (Å²) >= 11 is 0. The third-order valence-corrected chi connectivity index (χ3v) is 6.75. The largest absolute Gasteiger partial charge is 0.378 e. The van der Waals surface area contributed by atoms with E-state index in [0.717, 1.165) is 22.2 Å². The maximum absolute atomic E-state index is 13.6. The van der Waals surface area contributed by atoms with Gasteiger partial charge < -0.3 is 14.5 Å². The molecule has 0 N–H and O–H groups in total. The van der Waals surface area contributed by atoms with Crippen molar-refractivity contribution in [2.45, 2.75) is 19.8 Å². The molecular weight excluding hydrogens is 414 g/mol. The highest BCUT2D eigenvalue weighted by Gasteiger charge is 2.31. The van der Waals surface area contributed by atoms with Gasteiger partial charge in [-0.3, -0.25) is 9.59 Å². The minimum atomic E-state index is -0.00977. The molecule has 5 rings (SSSR count). The van der Waals surface area contributed by atoms with Crippen molar-refractivity contribution in [2.24, 2.45) is 5.92 Å². The lowest BCUT2D eigenvalue weighted by atomic mass is 9.94. The summed E-state index contributed by atoms with van der Waals surface area (Å²) in [4.78, 5) is 35.1. The lowest BCUT2D eigenvalue weighted by molar-refractivity contribution is -0.141. The number of carbonyl (C=O) groups excluding carboxylic acids is 2. The van der Waals surface area contributed by atoms with E-state index >= 15 is 0 Å². The van der Waals surface area contributed by atoms with Crippen LogP contribution in [0.3, 0.4) is 0 Å². The zero-order valence-corrected chi connectivity index (χ0v) is 19.0. The Bertz CT molecular complexity index is 1160. The molecule has 2 aliphatic heterocycles. The van der Waals surface area contributed by atoms with Crippen LogP contribution < -0.4 is 0 Å². The number of morpholine rings is 1. The first kappa shape index (κ1) is 21.6. The molecule has 6 nitrogen and oxygen atoms in total. The summed E-state index contributed by atoms with van der Waals surface area (Å²) in [5.41, 5.74) is 4.47. The number of para-hydroxylation sites is 1. The third-order valence-electron chi connectivity index (χ3n) is 6.75. The number of aryl methyl sites for hydroxylation is 1. The molecule has 1 aromatic heterocycles. The maximum atomic E-state index is 13.6. The van der Waals surface area contributed by atoms with Gasteiger partial charge in [-0.15, -0.1) is 0 Å². The topological polar surface area (TPSA) is 62.7 Å². The summed E-state index contributed by atoms with van der Waals surface area (Å²) in [7, 11) is 0. The number of hydrogen-bond donors (Lipinski definition) is 0. The first-order chi connectivity index (χ1) is 16.1. The minimum Gasteiger partial charge on any atom is -0.378 e. The van der Waals surface area contributed by atoms with Crippen LogP contribution in [0.25, 0.3) is 22.2 Å². The number of amides is 2. The lowest BCUT2D eigenvalue weighted by Crippen LogP contribution is -2.47. The summed E-state index contributed by atoms with van der Waals surface area (Å²) in [6, 6.07) is 17.9. The van der Waals surface area contributed by atoms with E-state index in [9.17, 15) is 9.59 Å². The fraction of sp³-hybridized carbons (Fsp3) is 0.370. The van der Waals surface area contributed by atoms with Gasteiger partial charge in [0, 0.05) is 43.0 Å². The summed E-state index contributed by atoms with van der Waals surface area (Å²) in [5, 5.41) is 0.866. The fourth-order valence-corrected chi connectivity index (χ4v) is 4.77. The molecule has 170 valence electrons. The average Bonchev–Trinajstić information content (AvgIpc) is 2.88. The van der Waals surface area contributed by atoms with Crippen LogP contribution in [0.2, 0.25) is 0 Å². The first-order valence-electron chi connectivity index (χ1n) is 11.7. The standard InChI is InChI=1S/C27H29N3O3/c1-19-6-8-20(9-7-19)25-18-23(22-4-2-3-5-24(22)28-25)27(32)29-12-10-21(11-13-29)26(31)30-14-16-33-17-15-30/h2-9,18,21H,10-17H2,1H3. The van der Waals surface area contributed by atoms with Crippen molar-refractivity contribution in [1.82, 2.24) is 14.8 Å². The highest BCUT2D eigenvalue weighted by atomic mass is 16.5. The molecule has 2 aliphatic rings. The zero-order valence-electron chi connectivity index (χ0n) is 19.0. The second-order valence-electron chi connectivity index (χ2n) is 8.94. The number of likely N-dealkylation sites (tertiary alicyclic amines) is 1. The Morgan fingerprint density at radius 2 is 1.61 bits per heavy atom. The summed E-state index contributed by atoms with van der Waals surface area (Å²) in [6.07, 6.45) is 1.41. The van der Waals surface area contributed by atoms with E-state index < -0.39 is 0 Å². The molecule has 2 amide bonds. The molecule has 0 atom stereocenters. The molecule has 3 aromatic rings. The number of carbonyl (C=O) groups is 2. The number of fused-ring (bicyclic) bond motifs is 1. The van der Waals surface area contributed by atoms with E-state index in [1.54, 1.807) is 0 Å². The first-order valence-corrected chi connectivity index (χ1v) is 11.7. The van der Waals surface area contributed by atoms with Crippen LogP contribution in [0.4, 0.5) is 0 Å². The van der Waals surface area contributed by atoms with Crippen LogP contribution in [0.15, 0.2) is 54.6 Å². The molecule has 3 heterocycles. The molecular formula is C27H29N3O3. The Labute approximate surface area is 194 Å². The molecule has 0 radical (unpaired) electrons. The van der Waals surface area contributed by atoms with Gasteiger partial charge in [0.05, 0.1) is 30.0 Å². The third kappa shape index (κ3) is 4.48. The van der Waals surface area contributed by atoms with Gasteiger partial charge in [0.25, 0.3) is 5.91 Å². The van der Waals surface area contributed by atoms with Crippen LogP contribution >= 0.6 is 0 Å². The van der Waals surface area contributed by atoms with Crippen molar-refractivity contribution in [1.29, 1.82) is 0 Å². The number of piperidine rings is 1. The van der Waals surface area contributed by atoms with E-state index in [4.69, 9.17) is 9.72 Å². The summed E-state index contributed by atoms with van der Waals surface area (Å²) in [5.74, 6) is 0.213. The van der Waals surface area contributed by atoms with Crippen molar-refractivity contribution in [3.63, 3.8) is 0 Å². The van der Waals surface area contributed by atoms with Crippen molar-refractivity contribution < 1.29 is 14.3 Å². The lowest BCUT2D eigenvalue weighted by Gasteiger charge is -2.35. The van der Waals surface area contributed by atoms with E-state index in [1.165, 1.54) is 5.56 Å². The normalized spacial score (nSPS) is 17.4. The Kier molecular flexibility index (Phi) is 6.09. The molecule has 33 heavy (non-hydrogen) atoms. The molecule has 0 saturated carbocycles. The van der Waals surface area contributed by atoms with Gasteiger partial charge in [-0.1, -0.05) is 48.0 Å². The van der Waals surface area contributed by atoms with Crippen LogP contribution in [-0.4, -0.2) is 66.0 Å². The van der Waals surface area contributed by atoms with Gasteiger partial charge >= 0.3 is 0 Å². The zero-order chi connectivity index (χ0) is 22.8. The van der Waals surface area contributed by atoms with Crippen molar-refractivity contribution in [3.05, 3.63) is 65.7 Å². The molecule has 0 unspecified atom stereocenters. The SMILES string of the molecule is Cc1ccc(-c2cc(C(=O)N3CCC(C(=O)N4CCOCC4)CC3)c3ccccc3n2)cc1. The van der Waals surface area contributed by atoms with Gasteiger partial charge in [0.15, 0.2) is 0 Å². The minimum absolute atomic E-state index is 0.00977. The van der Waals surface area contributed by atoms with Gasteiger partial charge in [-0.05, 0) is 31.9 Å². The highest BCUT2D eigenvalue weighted by molar-refractivity contribution is 6.07. The molecule has 2 aromatic carbocycles. The Balaban J connectivity index is 1.37. The number of nitrogens with zero attached hydrogens (tertiary/aromatic N) is 3. The van der Waals surface area contributed by atoms with E-state index in [0.29, 0.717) is 57.8 Å². The van der Waals surface area contributed by atoms with Crippen molar-refractivity contribution in [3.8, 4) is 11.3 Å². The molecule has 0 spiro atoms. The van der Waals surface area contributed by atoms with E-state index in [-0.39, 0.29) is 17.7 Å². The highest BCUT2D eigenvalue weighted by Crippen LogP contribution is 2.28. The van der Waals surface area contributed by atoms with Gasteiger partial charge in [-0.25, -0.2) is 4.98 Å². The number of aromatic nitrogens is 1. The van der Waals surface area contributed by atoms with Gasteiger partial charge in [0.2, 0.25) is 5.91 Å². The number of benzene rings is 2. The smallest absolute Gasteiger partial charge is 0.254 e. The average molecular weight is 444 g/mol. The molecule has 2 saturated heterocycles. The van der Waals surface area contributed by atoms with Gasteiger partial charge in [-0.2, -0.15) is 0 Å². The van der Waals surface area contributed by atoms with Crippen molar-refractivity contribution >= 4 is 22.7 Å². The predicted molar refractivity (Wildman–Crippen MR) is 128 cm³/mol. The predicted octanol–water partition coefficient (Wildman–Crippen LogP) is 3.92. The molecule has 2 fully saturated rings.